The van der Waals surface area contributed by atoms with Gasteiger partial charge in [-0.3, -0.25) is 4.79 Å². The van der Waals surface area contributed by atoms with Gasteiger partial charge in [0.1, 0.15) is 17.2 Å². The van der Waals surface area contributed by atoms with Crippen molar-refractivity contribution in [3.8, 4) is 11.1 Å². The summed E-state index contributed by atoms with van der Waals surface area (Å²) >= 11 is 0. The Kier molecular flexibility index (Phi) is 6.11. The molecule has 3 aromatic rings. The molecule has 1 unspecified atom stereocenters. The molecule has 1 heterocycles. The van der Waals surface area contributed by atoms with E-state index in [-0.39, 0.29) is 5.60 Å². The first-order valence-electron chi connectivity index (χ1n) is 11.8. The van der Waals surface area contributed by atoms with Crippen molar-refractivity contribution in [3.05, 3.63) is 89.0 Å². The normalized spacial score (nSPS) is 19.3. The Balaban J connectivity index is 1.30. The summed E-state index contributed by atoms with van der Waals surface area (Å²) in [5, 5.41) is 10.5. The van der Waals surface area contributed by atoms with Crippen molar-refractivity contribution >= 4 is 17.3 Å². The lowest BCUT2D eigenvalue weighted by atomic mass is 9.92. The largest absolute Gasteiger partial charge is 0.387 e. The fourth-order valence-electron chi connectivity index (χ4n) is 4.24. The number of halogens is 2. The number of carbonyl (C=O) groups is 1. The third-order valence-electron chi connectivity index (χ3n) is 6.47. The summed E-state index contributed by atoms with van der Waals surface area (Å²) in [5.74, 6) is -2.63. The molecule has 0 saturated heterocycles. The van der Waals surface area contributed by atoms with Crippen LogP contribution in [0.1, 0.15) is 47.7 Å². The standard InChI is InChI=1S/C28H27F2N3O2/c1-17-6-7-19(25-15-28(2,35-33-25)16-31-20-12-13-20)14-22(17)18-8-10-21(11-9-18)32-27(34)26-23(29)4-3-5-24(26)30/h3-11,14,20,31H,12-13,15-16H2,1-2H3,(H,32,34). The van der Waals surface area contributed by atoms with Gasteiger partial charge in [0.05, 0.1) is 5.71 Å². The van der Waals surface area contributed by atoms with Crippen molar-refractivity contribution in [1.29, 1.82) is 0 Å². The Labute approximate surface area is 203 Å². The van der Waals surface area contributed by atoms with Crippen LogP contribution in [0.5, 0.6) is 0 Å². The van der Waals surface area contributed by atoms with Crippen LogP contribution >= 0.6 is 0 Å². The second-order valence-electron chi connectivity index (χ2n) is 9.57. The lowest BCUT2D eigenvalue weighted by Crippen LogP contribution is -2.39. The zero-order chi connectivity index (χ0) is 24.6. The number of amides is 1. The summed E-state index contributed by atoms with van der Waals surface area (Å²) in [6.07, 6.45) is 3.19. The minimum Gasteiger partial charge on any atom is -0.387 e. The number of rotatable bonds is 7. The molecule has 1 atom stereocenters. The molecule has 0 radical (unpaired) electrons. The first-order valence-corrected chi connectivity index (χ1v) is 11.8. The van der Waals surface area contributed by atoms with E-state index in [1.54, 1.807) is 12.1 Å². The first-order chi connectivity index (χ1) is 16.8. The molecule has 3 aromatic carbocycles. The van der Waals surface area contributed by atoms with Crippen LogP contribution in [-0.4, -0.2) is 29.8 Å². The second kappa shape index (κ2) is 9.23. The summed E-state index contributed by atoms with van der Waals surface area (Å²) in [6.45, 7) is 4.88. The molecule has 5 nitrogen and oxygen atoms in total. The Morgan fingerprint density at radius 2 is 1.74 bits per heavy atom. The molecule has 35 heavy (non-hydrogen) atoms. The number of aryl methyl sites for hydroxylation is 1. The van der Waals surface area contributed by atoms with E-state index in [0.717, 1.165) is 53.1 Å². The lowest BCUT2D eigenvalue weighted by molar-refractivity contribution is -0.00258. The molecule has 0 spiro atoms. The van der Waals surface area contributed by atoms with Gasteiger partial charge in [-0.1, -0.05) is 35.5 Å². The van der Waals surface area contributed by atoms with E-state index < -0.39 is 23.1 Å². The lowest BCUT2D eigenvalue weighted by Gasteiger charge is -2.21. The number of hydrogen-bond donors (Lipinski definition) is 2. The van der Waals surface area contributed by atoms with E-state index in [4.69, 9.17) is 4.84 Å². The Morgan fingerprint density at radius 3 is 2.43 bits per heavy atom. The predicted octanol–water partition coefficient (Wildman–Crippen LogP) is 5.83. The van der Waals surface area contributed by atoms with E-state index in [0.29, 0.717) is 11.7 Å². The van der Waals surface area contributed by atoms with Gasteiger partial charge in [-0.15, -0.1) is 0 Å². The van der Waals surface area contributed by atoms with E-state index in [2.05, 4.69) is 40.9 Å². The van der Waals surface area contributed by atoms with Gasteiger partial charge in [0.15, 0.2) is 5.60 Å². The van der Waals surface area contributed by atoms with Crippen LogP contribution in [0.2, 0.25) is 0 Å². The van der Waals surface area contributed by atoms with Crippen LogP contribution in [0.3, 0.4) is 0 Å². The fourth-order valence-corrected chi connectivity index (χ4v) is 4.24. The number of benzene rings is 3. The third-order valence-corrected chi connectivity index (χ3v) is 6.47. The van der Waals surface area contributed by atoms with Crippen molar-refractivity contribution in [2.45, 2.75) is 44.8 Å². The summed E-state index contributed by atoms with van der Waals surface area (Å²) in [7, 11) is 0. The predicted molar refractivity (Wildman–Crippen MR) is 133 cm³/mol. The Bertz CT molecular complexity index is 1280. The molecule has 1 saturated carbocycles. The van der Waals surface area contributed by atoms with Crippen molar-refractivity contribution in [3.63, 3.8) is 0 Å². The number of nitrogens with zero attached hydrogens (tertiary/aromatic N) is 1. The summed E-state index contributed by atoms with van der Waals surface area (Å²) in [4.78, 5) is 18.2. The van der Waals surface area contributed by atoms with Gasteiger partial charge in [-0.05, 0) is 73.7 Å². The first kappa shape index (κ1) is 23.2. The third kappa shape index (κ3) is 5.10. The molecule has 0 aromatic heterocycles. The molecule has 180 valence electrons. The topological polar surface area (TPSA) is 62.7 Å². The van der Waals surface area contributed by atoms with Gasteiger partial charge >= 0.3 is 0 Å². The quantitative estimate of drug-likeness (QED) is 0.452. The highest BCUT2D eigenvalue weighted by Crippen LogP contribution is 2.31. The summed E-state index contributed by atoms with van der Waals surface area (Å²) in [6, 6.07) is 17.3. The fraction of sp³-hybridized carbons (Fsp3) is 0.286. The van der Waals surface area contributed by atoms with Gasteiger partial charge in [0, 0.05) is 30.3 Å². The van der Waals surface area contributed by atoms with Crippen LogP contribution in [0.4, 0.5) is 14.5 Å². The van der Waals surface area contributed by atoms with Gasteiger partial charge in [-0.2, -0.15) is 0 Å². The smallest absolute Gasteiger partial charge is 0.261 e. The van der Waals surface area contributed by atoms with Crippen molar-refractivity contribution < 1.29 is 18.4 Å². The van der Waals surface area contributed by atoms with Gasteiger partial charge in [0.25, 0.3) is 5.91 Å². The van der Waals surface area contributed by atoms with Gasteiger partial charge < -0.3 is 15.5 Å². The highest BCUT2D eigenvalue weighted by molar-refractivity contribution is 6.05. The molecule has 2 aliphatic rings. The Morgan fingerprint density at radius 1 is 1.06 bits per heavy atom. The maximum Gasteiger partial charge on any atom is 0.261 e. The van der Waals surface area contributed by atoms with E-state index in [1.165, 1.54) is 18.9 Å². The number of oxime groups is 1. The SMILES string of the molecule is Cc1ccc(C2=NOC(C)(CNC3CC3)C2)cc1-c1ccc(NC(=O)c2c(F)cccc2F)cc1. The monoisotopic (exact) mass is 475 g/mol. The Hall–Kier alpha value is -3.58. The van der Waals surface area contributed by atoms with Crippen LogP contribution in [0, 0.1) is 18.6 Å². The van der Waals surface area contributed by atoms with Crippen LogP contribution in [0.25, 0.3) is 11.1 Å². The van der Waals surface area contributed by atoms with Gasteiger partial charge in [-0.25, -0.2) is 8.78 Å². The molecule has 7 heteroatoms. The average molecular weight is 476 g/mol. The van der Waals surface area contributed by atoms with E-state index in [9.17, 15) is 13.6 Å². The number of anilines is 1. The molecule has 5 rings (SSSR count). The molecule has 1 aliphatic heterocycles. The molecular formula is C28H27F2N3O2. The minimum absolute atomic E-state index is 0.347. The summed E-state index contributed by atoms with van der Waals surface area (Å²) in [5.41, 5.74) is 4.51. The molecule has 1 aliphatic carbocycles. The molecule has 1 fully saturated rings. The van der Waals surface area contributed by atoms with Crippen LogP contribution < -0.4 is 10.6 Å². The number of hydrogen-bond acceptors (Lipinski definition) is 4. The van der Waals surface area contributed by atoms with Gasteiger partial charge in [0.2, 0.25) is 0 Å². The molecule has 1 amide bonds. The maximum atomic E-state index is 13.9. The molecule has 0 bridgehead atoms. The number of nitrogens with one attached hydrogen (secondary N) is 2. The van der Waals surface area contributed by atoms with E-state index in [1.807, 2.05) is 19.1 Å². The van der Waals surface area contributed by atoms with E-state index >= 15 is 0 Å². The van der Waals surface area contributed by atoms with Crippen molar-refractivity contribution in [2.75, 3.05) is 11.9 Å². The maximum absolute atomic E-state index is 13.9. The molecular weight excluding hydrogens is 448 g/mol. The second-order valence-corrected chi connectivity index (χ2v) is 9.57. The zero-order valence-corrected chi connectivity index (χ0v) is 19.7. The minimum atomic E-state index is -0.898. The average Bonchev–Trinajstić information content (AvgIpc) is 3.59. The van der Waals surface area contributed by atoms with Crippen molar-refractivity contribution in [2.24, 2.45) is 5.16 Å². The van der Waals surface area contributed by atoms with Crippen LogP contribution in [0.15, 0.2) is 65.8 Å². The highest BCUT2D eigenvalue weighted by atomic mass is 19.1. The number of carbonyl (C=O) groups excluding carboxylic acids is 1. The highest BCUT2D eigenvalue weighted by Gasteiger charge is 2.36. The zero-order valence-electron chi connectivity index (χ0n) is 19.7. The summed E-state index contributed by atoms with van der Waals surface area (Å²) < 4.78 is 27.8. The molecule has 2 N–H and O–H groups in total. The van der Waals surface area contributed by atoms with Crippen LogP contribution in [-0.2, 0) is 4.84 Å². The van der Waals surface area contributed by atoms with Crippen molar-refractivity contribution in [1.82, 2.24) is 5.32 Å².